The second-order valence-electron chi connectivity index (χ2n) is 4.80. The first-order chi connectivity index (χ1) is 9.33. The average molecular weight is 311 g/mol. The molecule has 1 aliphatic carbocycles. The van der Waals surface area contributed by atoms with Crippen molar-refractivity contribution in [3.63, 3.8) is 0 Å². The van der Waals surface area contributed by atoms with E-state index >= 15 is 0 Å². The lowest BCUT2D eigenvalue weighted by Crippen LogP contribution is -1.84. The third-order valence-corrected chi connectivity index (χ3v) is 4.28. The van der Waals surface area contributed by atoms with Gasteiger partial charge in [-0.2, -0.15) is 5.10 Å². The van der Waals surface area contributed by atoms with E-state index in [4.69, 9.17) is 0 Å². The van der Waals surface area contributed by atoms with Crippen LogP contribution in [-0.2, 0) is 6.42 Å². The summed E-state index contributed by atoms with van der Waals surface area (Å²) in [5.74, 6) is 0. The van der Waals surface area contributed by atoms with Crippen LogP contribution in [0.3, 0.4) is 0 Å². The molecule has 0 radical (unpaired) electrons. The number of fused-ring (bicyclic) bond motifs is 3. The van der Waals surface area contributed by atoms with Crippen molar-refractivity contribution in [3.05, 3.63) is 64.3 Å². The van der Waals surface area contributed by atoms with Crippen molar-refractivity contribution in [3.8, 4) is 22.4 Å². The normalized spacial score (nSPS) is 12.3. The van der Waals surface area contributed by atoms with E-state index in [1.54, 1.807) is 6.20 Å². The van der Waals surface area contributed by atoms with Crippen LogP contribution in [0.5, 0.6) is 0 Å². The van der Waals surface area contributed by atoms with E-state index < -0.39 is 0 Å². The molecule has 4 rings (SSSR count). The van der Waals surface area contributed by atoms with Gasteiger partial charge in [-0.3, -0.25) is 5.10 Å². The Balaban J connectivity index is 1.86. The summed E-state index contributed by atoms with van der Waals surface area (Å²) >= 11 is 3.52. The number of aromatic amines is 1. The number of halogens is 1. The maximum Gasteiger partial charge on any atom is 0.0792 e. The Bertz CT molecular complexity index is 774. The van der Waals surface area contributed by atoms with E-state index in [9.17, 15) is 0 Å². The Morgan fingerprint density at radius 3 is 2.68 bits per heavy atom. The summed E-state index contributed by atoms with van der Waals surface area (Å²) in [6.07, 6.45) is 2.81. The number of aromatic nitrogens is 2. The van der Waals surface area contributed by atoms with Crippen LogP contribution in [0.1, 0.15) is 11.1 Å². The van der Waals surface area contributed by atoms with Crippen molar-refractivity contribution in [2.75, 3.05) is 0 Å². The molecule has 1 heterocycles. The molecule has 1 aliphatic rings. The average Bonchev–Trinajstić information content (AvgIpc) is 3.01. The molecule has 19 heavy (non-hydrogen) atoms. The standard InChI is InChI=1S/C16H11BrN2/c17-15-9-18-19-16(15)11-5-6-14-12(8-11)7-10-3-1-2-4-13(10)14/h1-6,8-9H,7H2,(H,18,19). The van der Waals surface area contributed by atoms with Gasteiger partial charge in [0.2, 0.25) is 0 Å². The molecule has 0 spiro atoms. The van der Waals surface area contributed by atoms with Crippen molar-refractivity contribution < 1.29 is 0 Å². The third kappa shape index (κ3) is 1.65. The van der Waals surface area contributed by atoms with Crippen LogP contribution in [0.25, 0.3) is 22.4 Å². The second-order valence-corrected chi connectivity index (χ2v) is 5.65. The Morgan fingerprint density at radius 1 is 1.00 bits per heavy atom. The molecule has 0 fully saturated rings. The zero-order valence-corrected chi connectivity index (χ0v) is 11.7. The largest absolute Gasteiger partial charge is 0.277 e. The number of nitrogens with zero attached hydrogens (tertiary/aromatic N) is 1. The molecule has 3 heteroatoms. The number of benzene rings is 2. The Kier molecular flexibility index (Phi) is 2.35. The number of rotatable bonds is 1. The van der Waals surface area contributed by atoms with Gasteiger partial charge in [0.15, 0.2) is 0 Å². The van der Waals surface area contributed by atoms with Crippen molar-refractivity contribution in [2.45, 2.75) is 6.42 Å². The van der Waals surface area contributed by atoms with E-state index in [0.29, 0.717) is 0 Å². The van der Waals surface area contributed by atoms with Crippen molar-refractivity contribution in [2.24, 2.45) is 0 Å². The smallest absolute Gasteiger partial charge is 0.0792 e. The monoisotopic (exact) mass is 310 g/mol. The molecule has 0 aliphatic heterocycles. The predicted molar refractivity (Wildman–Crippen MR) is 80.0 cm³/mol. The number of hydrogen-bond donors (Lipinski definition) is 1. The summed E-state index contributed by atoms with van der Waals surface area (Å²) in [7, 11) is 0. The van der Waals surface area contributed by atoms with Gasteiger partial charge < -0.3 is 0 Å². The Hall–Kier alpha value is -1.87. The number of H-pyrrole nitrogens is 1. The van der Waals surface area contributed by atoms with Gasteiger partial charge in [-0.1, -0.05) is 36.4 Å². The molecule has 0 atom stereocenters. The molecule has 0 amide bonds. The van der Waals surface area contributed by atoms with Gasteiger partial charge in [-0.05, 0) is 50.7 Å². The van der Waals surface area contributed by atoms with Crippen molar-refractivity contribution in [1.29, 1.82) is 0 Å². The van der Waals surface area contributed by atoms with Crippen LogP contribution < -0.4 is 0 Å². The zero-order chi connectivity index (χ0) is 12.8. The molecule has 2 aromatic carbocycles. The summed E-state index contributed by atoms with van der Waals surface area (Å²) in [5, 5.41) is 7.10. The van der Waals surface area contributed by atoms with Crippen molar-refractivity contribution >= 4 is 15.9 Å². The lowest BCUT2D eigenvalue weighted by molar-refractivity contribution is 1.09. The minimum absolute atomic E-state index is 1.00. The first kappa shape index (κ1) is 11.0. The highest BCUT2D eigenvalue weighted by atomic mass is 79.9. The Morgan fingerprint density at radius 2 is 1.84 bits per heavy atom. The molecule has 0 bridgehead atoms. The summed E-state index contributed by atoms with van der Waals surface area (Å²) in [5.41, 5.74) is 7.75. The van der Waals surface area contributed by atoms with Gasteiger partial charge in [-0.15, -0.1) is 0 Å². The number of nitrogens with one attached hydrogen (secondary N) is 1. The quantitative estimate of drug-likeness (QED) is 0.554. The predicted octanol–water partition coefficient (Wildman–Crippen LogP) is 4.41. The summed E-state index contributed by atoms with van der Waals surface area (Å²) < 4.78 is 1.00. The molecule has 0 unspecified atom stereocenters. The molecule has 92 valence electrons. The zero-order valence-electron chi connectivity index (χ0n) is 10.2. The SMILES string of the molecule is Brc1cn[nH]c1-c1ccc2c(c1)Cc1ccccc1-2. The highest BCUT2D eigenvalue weighted by Crippen LogP contribution is 2.38. The highest BCUT2D eigenvalue weighted by Gasteiger charge is 2.18. The minimum Gasteiger partial charge on any atom is -0.277 e. The van der Waals surface area contributed by atoms with Crippen LogP contribution in [-0.4, -0.2) is 10.2 Å². The first-order valence-electron chi connectivity index (χ1n) is 6.23. The molecule has 3 aromatic rings. The van der Waals surface area contributed by atoms with Gasteiger partial charge >= 0.3 is 0 Å². The summed E-state index contributed by atoms with van der Waals surface area (Å²) in [6, 6.07) is 15.2. The van der Waals surface area contributed by atoms with E-state index in [1.165, 1.54) is 27.8 Å². The van der Waals surface area contributed by atoms with Crippen LogP contribution in [0, 0.1) is 0 Å². The van der Waals surface area contributed by atoms with Gasteiger partial charge in [0.1, 0.15) is 0 Å². The molecule has 1 aromatic heterocycles. The second kappa shape index (κ2) is 4.07. The van der Waals surface area contributed by atoms with E-state index in [1.807, 2.05) is 0 Å². The van der Waals surface area contributed by atoms with E-state index in [0.717, 1.165) is 16.6 Å². The molecular weight excluding hydrogens is 300 g/mol. The molecule has 2 nitrogen and oxygen atoms in total. The molecule has 1 N–H and O–H groups in total. The molecule has 0 saturated carbocycles. The maximum atomic E-state index is 4.06. The first-order valence-corrected chi connectivity index (χ1v) is 7.02. The third-order valence-electron chi connectivity index (χ3n) is 3.68. The van der Waals surface area contributed by atoms with E-state index in [-0.39, 0.29) is 0 Å². The molecular formula is C16H11BrN2. The fourth-order valence-electron chi connectivity index (χ4n) is 2.77. The van der Waals surface area contributed by atoms with Gasteiger partial charge in [0.25, 0.3) is 0 Å². The minimum atomic E-state index is 1.00. The van der Waals surface area contributed by atoms with Crippen LogP contribution in [0.15, 0.2) is 53.1 Å². The lowest BCUT2D eigenvalue weighted by atomic mass is 10.0. The van der Waals surface area contributed by atoms with Crippen LogP contribution in [0.4, 0.5) is 0 Å². The maximum absolute atomic E-state index is 4.06. The summed E-state index contributed by atoms with van der Waals surface area (Å²) in [4.78, 5) is 0. The van der Waals surface area contributed by atoms with Gasteiger partial charge in [0.05, 0.1) is 16.4 Å². The fourth-order valence-corrected chi connectivity index (χ4v) is 3.19. The topological polar surface area (TPSA) is 28.7 Å². The Labute approximate surface area is 119 Å². The highest BCUT2D eigenvalue weighted by molar-refractivity contribution is 9.10. The van der Waals surface area contributed by atoms with Gasteiger partial charge in [0, 0.05) is 5.56 Å². The van der Waals surface area contributed by atoms with Crippen molar-refractivity contribution in [1.82, 2.24) is 10.2 Å². The number of hydrogen-bond acceptors (Lipinski definition) is 1. The molecule has 0 saturated heterocycles. The van der Waals surface area contributed by atoms with Crippen LogP contribution in [0.2, 0.25) is 0 Å². The fraction of sp³-hybridized carbons (Fsp3) is 0.0625. The lowest BCUT2D eigenvalue weighted by Gasteiger charge is -2.04. The van der Waals surface area contributed by atoms with E-state index in [2.05, 4.69) is 68.6 Å². The van der Waals surface area contributed by atoms with Crippen LogP contribution >= 0.6 is 15.9 Å². The summed E-state index contributed by atoms with van der Waals surface area (Å²) in [6.45, 7) is 0. The van der Waals surface area contributed by atoms with Gasteiger partial charge in [-0.25, -0.2) is 0 Å².